The first-order valence-electron chi connectivity index (χ1n) is 1.13. The maximum atomic E-state index is 7.62. The minimum atomic E-state index is -0.125. The number of hydrogen-bond acceptors (Lipinski definition) is 2. The van der Waals surface area contributed by atoms with Gasteiger partial charge in [0.15, 0.2) is 0 Å². The van der Waals surface area contributed by atoms with E-state index in [1.165, 1.54) is 0 Å². The topological polar surface area (TPSA) is 40.5 Å². The summed E-state index contributed by atoms with van der Waals surface area (Å²) in [6, 6.07) is 0. The molecular weight excluding hydrogens is 69.9 g/mol. The van der Waals surface area contributed by atoms with Gasteiger partial charge in [0.05, 0.1) is 13.2 Å². The molecular formula is C2H8Li2O2. The standard InChI is InChI=1S/C2H6O2.2Li.2H/c3-1-2-4;;;;/h3-4H,1-2H2;;;;. The van der Waals surface area contributed by atoms with Crippen LogP contribution >= 0.6 is 0 Å². The van der Waals surface area contributed by atoms with Gasteiger partial charge in [-0.3, -0.25) is 0 Å². The normalized spacial score (nSPS) is 5.00. The molecule has 6 heavy (non-hydrogen) atoms. The van der Waals surface area contributed by atoms with E-state index in [0.717, 1.165) is 0 Å². The van der Waals surface area contributed by atoms with Crippen molar-refractivity contribution < 1.29 is 10.2 Å². The molecule has 0 saturated heterocycles. The van der Waals surface area contributed by atoms with Gasteiger partial charge in [0.2, 0.25) is 0 Å². The van der Waals surface area contributed by atoms with Crippen molar-refractivity contribution in [2.24, 2.45) is 0 Å². The summed E-state index contributed by atoms with van der Waals surface area (Å²) in [7, 11) is 0. The molecule has 0 fully saturated rings. The van der Waals surface area contributed by atoms with Gasteiger partial charge >= 0.3 is 37.7 Å². The molecule has 0 radical (unpaired) electrons. The van der Waals surface area contributed by atoms with E-state index in [0.29, 0.717) is 0 Å². The molecule has 0 aromatic carbocycles. The van der Waals surface area contributed by atoms with Gasteiger partial charge in [-0.05, 0) is 0 Å². The third kappa shape index (κ3) is 19.4. The Bertz CT molecular complexity index is 11.5. The van der Waals surface area contributed by atoms with Crippen molar-refractivity contribution in [1.29, 1.82) is 0 Å². The molecule has 0 amide bonds. The van der Waals surface area contributed by atoms with E-state index in [9.17, 15) is 0 Å². The Labute approximate surface area is 61.3 Å². The first-order chi connectivity index (χ1) is 1.91. The summed E-state index contributed by atoms with van der Waals surface area (Å²) >= 11 is 0. The molecule has 0 aromatic rings. The number of aliphatic hydroxyl groups excluding tert-OH is 2. The quantitative estimate of drug-likeness (QED) is 0.345. The summed E-state index contributed by atoms with van der Waals surface area (Å²) < 4.78 is 0. The van der Waals surface area contributed by atoms with E-state index in [4.69, 9.17) is 10.2 Å². The van der Waals surface area contributed by atoms with Gasteiger partial charge < -0.3 is 10.2 Å². The van der Waals surface area contributed by atoms with Gasteiger partial charge in [0.1, 0.15) is 0 Å². The molecule has 0 aliphatic heterocycles. The Morgan fingerprint density at radius 1 is 0.833 bits per heavy atom. The van der Waals surface area contributed by atoms with E-state index >= 15 is 0 Å². The van der Waals surface area contributed by atoms with Crippen molar-refractivity contribution in [2.45, 2.75) is 0 Å². The molecule has 0 heterocycles. The van der Waals surface area contributed by atoms with Crippen LogP contribution in [0.4, 0.5) is 0 Å². The average Bonchev–Trinajstić information content (AvgIpc) is 1.37. The van der Waals surface area contributed by atoms with Gasteiger partial charge in [-0.2, -0.15) is 0 Å². The molecule has 0 aliphatic rings. The Hall–Kier alpha value is 1.11. The van der Waals surface area contributed by atoms with Crippen molar-refractivity contribution in [3.05, 3.63) is 0 Å². The van der Waals surface area contributed by atoms with Crippen LogP contribution < -0.4 is 0 Å². The second kappa shape index (κ2) is 16.5. The van der Waals surface area contributed by atoms with Crippen LogP contribution in [-0.4, -0.2) is 61.1 Å². The molecule has 2 nitrogen and oxygen atoms in total. The van der Waals surface area contributed by atoms with Gasteiger partial charge in [-0.1, -0.05) is 0 Å². The van der Waals surface area contributed by atoms with Crippen molar-refractivity contribution in [3.63, 3.8) is 0 Å². The van der Waals surface area contributed by atoms with E-state index in [2.05, 4.69) is 0 Å². The van der Waals surface area contributed by atoms with Gasteiger partial charge in [0.25, 0.3) is 0 Å². The predicted molar refractivity (Wildman–Crippen MR) is 28.5 cm³/mol. The third-order valence-corrected chi connectivity index (χ3v) is 0.1000. The fourth-order valence-corrected chi connectivity index (χ4v) is 0. The Morgan fingerprint density at radius 2 is 1.00 bits per heavy atom. The van der Waals surface area contributed by atoms with E-state index < -0.39 is 0 Å². The minimum absolute atomic E-state index is 0. The summed E-state index contributed by atoms with van der Waals surface area (Å²) in [5.74, 6) is 0. The fraction of sp³-hybridized carbons (Fsp3) is 1.00. The van der Waals surface area contributed by atoms with Crippen LogP contribution in [0.2, 0.25) is 0 Å². The van der Waals surface area contributed by atoms with Crippen molar-refractivity contribution in [3.8, 4) is 0 Å². The van der Waals surface area contributed by atoms with E-state index in [1.54, 1.807) is 0 Å². The first-order valence-corrected chi connectivity index (χ1v) is 1.13. The van der Waals surface area contributed by atoms with Gasteiger partial charge in [-0.25, -0.2) is 0 Å². The van der Waals surface area contributed by atoms with Gasteiger partial charge in [0, 0.05) is 0 Å². The molecule has 0 unspecified atom stereocenters. The molecule has 0 atom stereocenters. The van der Waals surface area contributed by atoms with Crippen LogP contribution in [0, 0.1) is 0 Å². The molecule has 0 bridgehead atoms. The van der Waals surface area contributed by atoms with Crippen LogP contribution in [-0.2, 0) is 0 Å². The zero-order valence-electron chi connectivity index (χ0n) is 2.31. The predicted octanol–water partition coefficient (Wildman–Crippen LogP) is -2.33. The molecule has 30 valence electrons. The number of rotatable bonds is 1. The molecule has 0 spiro atoms. The van der Waals surface area contributed by atoms with Crippen molar-refractivity contribution >= 4 is 37.7 Å². The number of hydrogen-bond donors (Lipinski definition) is 2. The summed E-state index contributed by atoms with van der Waals surface area (Å²) in [6.45, 7) is -0.250. The Morgan fingerprint density at radius 3 is 1.00 bits per heavy atom. The monoisotopic (exact) mass is 78.1 g/mol. The summed E-state index contributed by atoms with van der Waals surface area (Å²) in [4.78, 5) is 0. The second-order valence-corrected chi connectivity index (χ2v) is 0.447. The zero-order valence-corrected chi connectivity index (χ0v) is 2.31. The maximum absolute atomic E-state index is 7.62. The third-order valence-electron chi connectivity index (χ3n) is 0.1000. The molecule has 4 heteroatoms. The molecule has 0 aromatic heterocycles. The summed E-state index contributed by atoms with van der Waals surface area (Å²) in [5.41, 5.74) is 0. The van der Waals surface area contributed by atoms with Crippen molar-refractivity contribution in [1.82, 2.24) is 0 Å². The number of aliphatic hydroxyl groups is 2. The first kappa shape index (κ1) is 15.7. The molecule has 2 N–H and O–H groups in total. The molecule has 0 saturated carbocycles. The van der Waals surface area contributed by atoms with Gasteiger partial charge in [-0.15, -0.1) is 0 Å². The van der Waals surface area contributed by atoms with E-state index in [-0.39, 0.29) is 50.9 Å². The summed E-state index contributed by atoms with van der Waals surface area (Å²) in [5, 5.41) is 15.2. The SMILES string of the molecule is OCCO.[LiH].[LiH]. The summed E-state index contributed by atoms with van der Waals surface area (Å²) in [6.07, 6.45) is 0. The Kier molecular flexibility index (Phi) is 43.2. The average molecular weight is 78.0 g/mol. The van der Waals surface area contributed by atoms with Crippen molar-refractivity contribution in [2.75, 3.05) is 13.2 Å². The van der Waals surface area contributed by atoms with E-state index in [1.807, 2.05) is 0 Å². The zero-order chi connectivity index (χ0) is 3.41. The van der Waals surface area contributed by atoms with Crippen LogP contribution in [0.25, 0.3) is 0 Å². The molecule has 0 rings (SSSR count). The second-order valence-electron chi connectivity index (χ2n) is 0.447. The molecule has 0 aliphatic carbocycles. The Balaban J connectivity index is -0.0000000450. The van der Waals surface area contributed by atoms with Crippen LogP contribution in [0.1, 0.15) is 0 Å². The fourth-order valence-electron chi connectivity index (χ4n) is 0. The van der Waals surface area contributed by atoms with Crippen LogP contribution in [0.5, 0.6) is 0 Å². The van der Waals surface area contributed by atoms with Crippen LogP contribution in [0.15, 0.2) is 0 Å². The van der Waals surface area contributed by atoms with Crippen LogP contribution in [0.3, 0.4) is 0 Å².